The Hall–Kier alpha value is -1.05. The first-order valence-electron chi connectivity index (χ1n) is 6.01. The third-order valence-electron chi connectivity index (χ3n) is 3.17. The number of carboxylic acids is 1. The fourth-order valence-corrected chi connectivity index (χ4v) is 3.79. The van der Waals surface area contributed by atoms with Gasteiger partial charge in [0.15, 0.2) is 0 Å². The summed E-state index contributed by atoms with van der Waals surface area (Å²) in [6.07, 6.45) is 1.90. The molecule has 20 heavy (non-hydrogen) atoms. The standard InChI is InChI=1S/C13H19NO4S2/c1-9-7-11(13(15)16)8-12(10(9)2)20(17,18)14(3)5-6-19-4/h7-8H,5-6H2,1-4H3,(H,15,16). The van der Waals surface area contributed by atoms with E-state index in [1.807, 2.05) is 6.26 Å². The molecule has 0 atom stereocenters. The van der Waals surface area contributed by atoms with Gasteiger partial charge < -0.3 is 5.11 Å². The summed E-state index contributed by atoms with van der Waals surface area (Å²) in [5, 5.41) is 9.06. The highest BCUT2D eigenvalue weighted by atomic mass is 32.2. The largest absolute Gasteiger partial charge is 0.478 e. The van der Waals surface area contributed by atoms with Crippen molar-refractivity contribution in [2.75, 3.05) is 25.6 Å². The summed E-state index contributed by atoms with van der Waals surface area (Å²) in [4.78, 5) is 11.1. The average molecular weight is 317 g/mol. The van der Waals surface area contributed by atoms with Gasteiger partial charge in [-0.1, -0.05) is 0 Å². The lowest BCUT2D eigenvalue weighted by Gasteiger charge is -2.19. The van der Waals surface area contributed by atoms with Crippen molar-refractivity contribution < 1.29 is 18.3 Å². The van der Waals surface area contributed by atoms with Gasteiger partial charge in [-0.2, -0.15) is 11.8 Å². The van der Waals surface area contributed by atoms with E-state index in [0.29, 0.717) is 23.4 Å². The Bertz CT molecular complexity index is 611. The van der Waals surface area contributed by atoms with E-state index in [4.69, 9.17) is 5.11 Å². The monoisotopic (exact) mass is 317 g/mol. The number of aromatic carboxylic acids is 1. The van der Waals surface area contributed by atoms with Crippen LogP contribution in [0.1, 0.15) is 21.5 Å². The maximum atomic E-state index is 12.5. The molecule has 1 rings (SSSR count). The first kappa shape index (κ1) is 17.0. The second-order valence-electron chi connectivity index (χ2n) is 4.54. The minimum atomic E-state index is -3.66. The number of carboxylic acid groups (broad SMARTS) is 1. The van der Waals surface area contributed by atoms with Crippen molar-refractivity contribution in [3.8, 4) is 0 Å². The van der Waals surface area contributed by atoms with Gasteiger partial charge in [0.25, 0.3) is 0 Å². The van der Waals surface area contributed by atoms with Crippen LogP contribution in [-0.2, 0) is 10.0 Å². The van der Waals surface area contributed by atoms with Gasteiger partial charge in [-0.15, -0.1) is 0 Å². The van der Waals surface area contributed by atoms with Crippen LogP contribution in [0.3, 0.4) is 0 Å². The molecule has 0 saturated carbocycles. The first-order chi connectivity index (χ1) is 9.21. The quantitative estimate of drug-likeness (QED) is 0.868. The number of thioether (sulfide) groups is 1. The van der Waals surface area contributed by atoms with Gasteiger partial charge in [-0.05, 0) is 43.4 Å². The summed E-state index contributed by atoms with van der Waals surface area (Å²) in [5.74, 6) is -0.442. The number of carbonyl (C=O) groups is 1. The number of hydrogen-bond acceptors (Lipinski definition) is 4. The molecule has 0 bridgehead atoms. The highest BCUT2D eigenvalue weighted by molar-refractivity contribution is 7.98. The number of hydrogen-bond donors (Lipinski definition) is 1. The summed E-state index contributed by atoms with van der Waals surface area (Å²) in [6, 6.07) is 2.72. The van der Waals surface area contributed by atoms with E-state index in [-0.39, 0.29) is 10.5 Å². The van der Waals surface area contributed by atoms with Crippen LogP contribution in [0.25, 0.3) is 0 Å². The van der Waals surface area contributed by atoms with Gasteiger partial charge in [0, 0.05) is 19.3 Å². The minimum absolute atomic E-state index is 0.00931. The van der Waals surface area contributed by atoms with Gasteiger partial charge in [-0.3, -0.25) is 0 Å². The van der Waals surface area contributed by atoms with Gasteiger partial charge in [0.05, 0.1) is 10.5 Å². The Labute approximate surface area is 124 Å². The zero-order valence-electron chi connectivity index (χ0n) is 12.0. The maximum absolute atomic E-state index is 12.5. The lowest BCUT2D eigenvalue weighted by atomic mass is 10.1. The molecule has 1 aromatic carbocycles. The molecule has 1 N–H and O–H groups in total. The van der Waals surface area contributed by atoms with E-state index in [1.54, 1.807) is 25.6 Å². The van der Waals surface area contributed by atoms with E-state index in [2.05, 4.69) is 0 Å². The molecular weight excluding hydrogens is 298 g/mol. The van der Waals surface area contributed by atoms with Crippen LogP contribution in [0.2, 0.25) is 0 Å². The van der Waals surface area contributed by atoms with Crippen molar-refractivity contribution in [1.29, 1.82) is 0 Å². The summed E-state index contributed by atoms with van der Waals surface area (Å²) < 4.78 is 26.3. The zero-order valence-corrected chi connectivity index (χ0v) is 13.6. The Kier molecular flexibility index (Phi) is 5.61. The lowest BCUT2D eigenvalue weighted by Crippen LogP contribution is -2.30. The number of sulfonamides is 1. The van der Waals surface area contributed by atoms with Crippen LogP contribution in [0.5, 0.6) is 0 Å². The maximum Gasteiger partial charge on any atom is 0.335 e. The van der Waals surface area contributed by atoms with Crippen LogP contribution in [-0.4, -0.2) is 49.4 Å². The molecule has 0 heterocycles. The predicted molar refractivity (Wildman–Crippen MR) is 81.1 cm³/mol. The van der Waals surface area contributed by atoms with E-state index in [0.717, 1.165) is 0 Å². The topological polar surface area (TPSA) is 74.7 Å². The molecular formula is C13H19NO4S2. The normalized spacial score (nSPS) is 11.8. The van der Waals surface area contributed by atoms with Crippen LogP contribution in [0, 0.1) is 13.8 Å². The lowest BCUT2D eigenvalue weighted by molar-refractivity contribution is 0.0696. The second kappa shape index (κ2) is 6.60. The van der Waals surface area contributed by atoms with E-state index >= 15 is 0 Å². The van der Waals surface area contributed by atoms with Crippen molar-refractivity contribution in [3.63, 3.8) is 0 Å². The summed E-state index contributed by atoms with van der Waals surface area (Å²) in [7, 11) is -2.16. The third kappa shape index (κ3) is 3.53. The first-order valence-corrected chi connectivity index (χ1v) is 8.85. The fourth-order valence-electron chi connectivity index (χ4n) is 1.73. The zero-order chi connectivity index (χ0) is 15.5. The average Bonchev–Trinajstić information content (AvgIpc) is 2.38. The molecule has 0 aliphatic rings. The van der Waals surface area contributed by atoms with Crippen molar-refractivity contribution in [2.45, 2.75) is 18.7 Å². The van der Waals surface area contributed by atoms with Crippen LogP contribution >= 0.6 is 11.8 Å². The highest BCUT2D eigenvalue weighted by Gasteiger charge is 2.24. The van der Waals surface area contributed by atoms with Crippen LogP contribution in [0.4, 0.5) is 0 Å². The summed E-state index contributed by atoms with van der Waals surface area (Å²) in [6.45, 7) is 3.79. The fraction of sp³-hybridized carbons (Fsp3) is 0.462. The van der Waals surface area contributed by atoms with Crippen molar-refractivity contribution >= 4 is 27.8 Å². The molecule has 1 aromatic rings. The molecule has 0 saturated heterocycles. The van der Waals surface area contributed by atoms with Gasteiger partial charge in [0.1, 0.15) is 0 Å². The molecule has 0 aliphatic heterocycles. The number of rotatable bonds is 6. The SMILES string of the molecule is CSCCN(C)S(=O)(=O)c1cc(C(=O)O)cc(C)c1C. The number of benzene rings is 1. The molecule has 0 aromatic heterocycles. The Balaban J connectivity index is 3.34. The molecule has 5 nitrogen and oxygen atoms in total. The number of nitrogens with zero attached hydrogens (tertiary/aromatic N) is 1. The molecule has 0 fully saturated rings. The molecule has 0 radical (unpaired) electrons. The molecule has 0 aliphatic carbocycles. The van der Waals surface area contributed by atoms with Crippen LogP contribution < -0.4 is 0 Å². The Morgan fingerprint density at radius 3 is 2.45 bits per heavy atom. The molecule has 7 heteroatoms. The van der Waals surface area contributed by atoms with Crippen molar-refractivity contribution in [1.82, 2.24) is 4.31 Å². The van der Waals surface area contributed by atoms with Gasteiger partial charge in [-0.25, -0.2) is 17.5 Å². The van der Waals surface area contributed by atoms with E-state index in [9.17, 15) is 13.2 Å². The smallest absolute Gasteiger partial charge is 0.335 e. The highest BCUT2D eigenvalue weighted by Crippen LogP contribution is 2.24. The van der Waals surface area contributed by atoms with E-state index in [1.165, 1.54) is 23.5 Å². The molecule has 112 valence electrons. The predicted octanol–water partition coefficient (Wildman–Crippen LogP) is 1.99. The summed E-state index contributed by atoms with van der Waals surface area (Å²) in [5.41, 5.74) is 1.23. The minimum Gasteiger partial charge on any atom is -0.478 e. The second-order valence-corrected chi connectivity index (χ2v) is 7.54. The Morgan fingerprint density at radius 2 is 1.95 bits per heavy atom. The molecule has 0 unspecified atom stereocenters. The third-order valence-corrected chi connectivity index (χ3v) is 5.74. The molecule has 0 spiro atoms. The van der Waals surface area contributed by atoms with Crippen LogP contribution in [0.15, 0.2) is 17.0 Å². The van der Waals surface area contributed by atoms with Gasteiger partial charge in [0.2, 0.25) is 10.0 Å². The van der Waals surface area contributed by atoms with Crippen molar-refractivity contribution in [2.24, 2.45) is 0 Å². The van der Waals surface area contributed by atoms with Gasteiger partial charge >= 0.3 is 5.97 Å². The molecule has 0 amide bonds. The Morgan fingerprint density at radius 1 is 1.35 bits per heavy atom. The van der Waals surface area contributed by atoms with E-state index < -0.39 is 16.0 Å². The van der Waals surface area contributed by atoms with Crippen molar-refractivity contribution in [3.05, 3.63) is 28.8 Å². The summed E-state index contributed by atoms with van der Waals surface area (Å²) >= 11 is 1.56. The number of aryl methyl sites for hydroxylation is 1.